The Morgan fingerprint density at radius 3 is 2.73 bits per heavy atom. The van der Waals surface area contributed by atoms with Gasteiger partial charge in [0.25, 0.3) is 5.92 Å². The van der Waals surface area contributed by atoms with Crippen LogP contribution in [0, 0.1) is 5.95 Å². The van der Waals surface area contributed by atoms with Crippen LogP contribution in [0.5, 0.6) is 0 Å². The second-order valence-electron chi connectivity index (χ2n) is 6.69. The number of alkyl halides is 2. The SMILES string of the molecule is CC(C)(C)OC(=O)N1C2CCC1C(F)(F)c1c2ccnc1F. The van der Waals surface area contributed by atoms with E-state index in [4.69, 9.17) is 4.74 Å². The number of halogens is 3. The van der Waals surface area contributed by atoms with E-state index in [0.717, 1.165) is 11.1 Å². The van der Waals surface area contributed by atoms with Gasteiger partial charge in [-0.25, -0.2) is 9.78 Å². The fourth-order valence-electron chi connectivity index (χ4n) is 3.27. The van der Waals surface area contributed by atoms with Crippen molar-refractivity contribution in [1.82, 2.24) is 9.88 Å². The number of hydrogen-bond donors (Lipinski definition) is 0. The second-order valence-corrected chi connectivity index (χ2v) is 6.69. The highest BCUT2D eigenvalue weighted by molar-refractivity contribution is 5.71. The number of pyridine rings is 1. The number of ether oxygens (including phenoxy) is 1. The first-order chi connectivity index (χ1) is 10.1. The van der Waals surface area contributed by atoms with Gasteiger partial charge in [-0.05, 0) is 45.2 Å². The Morgan fingerprint density at radius 1 is 1.41 bits per heavy atom. The number of nitrogens with zero attached hydrogens (tertiary/aromatic N) is 2. The Hall–Kier alpha value is -1.79. The molecule has 3 heterocycles. The van der Waals surface area contributed by atoms with E-state index in [2.05, 4.69) is 4.98 Å². The lowest BCUT2D eigenvalue weighted by atomic mass is 9.91. The second kappa shape index (κ2) is 4.60. The lowest BCUT2D eigenvalue weighted by molar-refractivity contribution is -0.0981. The summed E-state index contributed by atoms with van der Waals surface area (Å²) in [5.41, 5.74) is -1.34. The van der Waals surface area contributed by atoms with Gasteiger partial charge in [0.1, 0.15) is 11.6 Å². The molecule has 0 saturated carbocycles. The van der Waals surface area contributed by atoms with Gasteiger partial charge in [0, 0.05) is 6.20 Å². The number of hydrogen-bond acceptors (Lipinski definition) is 3. The summed E-state index contributed by atoms with van der Waals surface area (Å²) < 4.78 is 48.4. The molecule has 3 rings (SSSR count). The number of aromatic nitrogens is 1. The normalized spacial score (nSPS) is 25.8. The molecule has 120 valence electrons. The van der Waals surface area contributed by atoms with Gasteiger partial charge < -0.3 is 4.74 Å². The van der Waals surface area contributed by atoms with Gasteiger partial charge in [0.2, 0.25) is 5.95 Å². The Bertz CT molecular complexity index is 628. The molecule has 0 radical (unpaired) electrons. The molecular formula is C15H17F3N2O2. The van der Waals surface area contributed by atoms with Crippen LogP contribution < -0.4 is 0 Å². The van der Waals surface area contributed by atoms with Gasteiger partial charge in [0.15, 0.2) is 0 Å². The molecule has 22 heavy (non-hydrogen) atoms. The van der Waals surface area contributed by atoms with Crippen LogP contribution >= 0.6 is 0 Å². The first-order valence-corrected chi connectivity index (χ1v) is 7.17. The third kappa shape index (κ3) is 2.14. The van der Waals surface area contributed by atoms with E-state index < -0.39 is 41.2 Å². The summed E-state index contributed by atoms with van der Waals surface area (Å²) >= 11 is 0. The first-order valence-electron chi connectivity index (χ1n) is 7.17. The average Bonchev–Trinajstić information content (AvgIpc) is 2.76. The zero-order chi connectivity index (χ0) is 16.3. The average molecular weight is 314 g/mol. The molecule has 1 aromatic heterocycles. The van der Waals surface area contributed by atoms with Crippen molar-refractivity contribution in [2.75, 3.05) is 0 Å². The highest BCUT2D eigenvalue weighted by Crippen LogP contribution is 2.54. The van der Waals surface area contributed by atoms with E-state index in [1.54, 1.807) is 20.8 Å². The minimum atomic E-state index is -3.47. The molecule has 4 nitrogen and oxygen atoms in total. The van der Waals surface area contributed by atoms with E-state index in [-0.39, 0.29) is 12.0 Å². The summed E-state index contributed by atoms with van der Waals surface area (Å²) in [5.74, 6) is -4.64. The minimum absolute atomic E-state index is 0.102. The smallest absolute Gasteiger partial charge is 0.411 e. The van der Waals surface area contributed by atoms with Crippen LogP contribution in [-0.4, -0.2) is 27.6 Å². The summed E-state index contributed by atoms with van der Waals surface area (Å²) in [6.45, 7) is 5.02. The molecule has 2 aliphatic rings. The van der Waals surface area contributed by atoms with Crippen LogP contribution in [0.3, 0.4) is 0 Å². The predicted molar refractivity (Wildman–Crippen MR) is 71.9 cm³/mol. The highest BCUT2D eigenvalue weighted by Gasteiger charge is 2.60. The molecule has 2 unspecified atom stereocenters. The van der Waals surface area contributed by atoms with E-state index in [1.165, 1.54) is 6.07 Å². The summed E-state index contributed by atoms with van der Waals surface area (Å²) in [7, 11) is 0. The zero-order valence-corrected chi connectivity index (χ0v) is 12.6. The Labute approximate surface area is 126 Å². The van der Waals surface area contributed by atoms with Gasteiger partial charge in [-0.1, -0.05) is 0 Å². The van der Waals surface area contributed by atoms with Crippen molar-refractivity contribution in [3.05, 3.63) is 29.3 Å². The monoisotopic (exact) mass is 314 g/mol. The van der Waals surface area contributed by atoms with Crippen molar-refractivity contribution in [2.24, 2.45) is 0 Å². The van der Waals surface area contributed by atoms with Crippen molar-refractivity contribution in [2.45, 2.75) is 57.2 Å². The molecule has 1 amide bonds. The van der Waals surface area contributed by atoms with Crippen LogP contribution in [0.15, 0.2) is 12.3 Å². The van der Waals surface area contributed by atoms with Crippen molar-refractivity contribution >= 4 is 6.09 Å². The van der Waals surface area contributed by atoms with Crippen LogP contribution in [-0.2, 0) is 10.7 Å². The minimum Gasteiger partial charge on any atom is -0.444 e. The van der Waals surface area contributed by atoms with Crippen LogP contribution in [0.25, 0.3) is 0 Å². The fourth-order valence-corrected chi connectivity index (χ4v) is 3.27. The summed E-state index contributed by atoms with van der Waals surface area (Å²) in [4.78, 5) is 16.7. The van der Waals surface area contributed by atoms with Crippen molar-refractivity contribution < 1.29 is 22.7 Å². The maximum absolute atomic E-state index is 14.7. The maximum Gasteiger partial charge on any atom is 0.411 e. The number of fused-ring (bicyclic) bond motifs is 4. The van der Waals surface area contributed by atoms with Crippen molar-refractivity contribution in [3.63, 3.8) is 0 Å². The van der Waals surface area contributed by atoms with Gasteiger partial charge >= 0.3 is 6.09 Å². The molecule has 0 N–H and O–H groups in total. The topological polar surface area (TPSA) is 42.4 Å². The van der Waals surface area contributed by atoms with E-state index >= 15 is 0 Å². The van der Waals surface area contributed by atoms with Crippen molar-refractivity contribution in [1.29, 1.82) is 0 Å². The largest absolute Gasteiger partial charge is 0.444 e. The third-order valence-corrected chi connectivity index (χ3v) is 4.04. The predicted octanol–water partition coefficient (Wildman–Crippen LogP) is 3.77. The highest BCUT2D eigenvalue weighted by atomic mass is 19.3. The molecule has 2 bridgehead atoms. The molecule has 1 aromatic rings. The number of carbonyl (C=O) groups is 1. The third-order valence-electron chi connectivity index (χ3n) is 4.04. The van der Waals surface area contributed by atoms with Crippen molar-refractivity contribution in [3.8, 4) is 0 Å². The van der Waals surface area contributed by atoms with Crippen LogP contribution in [0.4, 0.5) is 18.0 Å². The van der Waals surface area contributed by atoms with E-state index in [0.29, 0.717) is 6.42 Å². The Balaban J connectivity index is 2.06. The summed E-state index contributed by atoms with van der Waals surface area (Å²) in [6.07, 6.45) is 0.819. The molecule has 0 aromatic carbocycles. The van der Waals surface area contributed by atoms with Gasteiger partial charge in [0.05, 0.1) is 11.6 Å². The molecule has 0 spiro atoms. The lowest BCUT2D eigenvalue weighted by Crippen LogP contribution is -2.51. The van der Waals surface area contributed by atoms with Crippen LogP contribution in [0.1, 0.15) is 50.8 Å². The molecule has 0 aliphatic carbocycles. The van der Waals surface area contributed by atoms with Gasteiger partial charge in [-0.15, -0.1) is 0 Å². The van der Waals surface area contributed by atoms with E-state index in [1.807, 2.05) is 0 Å². The molecule has 1 saturated heterocycles. The Morgan fingerprint density at radius 2 is 2.09 bits per heavy atom. The lowest BCUT2D eigenvalue weighted by Gasteiger charge is -2.41. The van der Waals surface area contributed by atoms with Gasteiger partial charge in [-0.2, -0.15) is 13.2 Å². The number of amides is 1. The standard InChI is InChI=1S/C15H17F3N2O2/c1-14(2,3)22-13(21)20-9-4-5-10(20)15(17,18)11-8(9)6-7-19-12(11)16/h6-7,9-10H,4-5H2,1-3H3. The summed E-state index contributed by atoms with van der Waals surface area (Å²) in [5, 5.41) is 0. The summed E-state index contributed by atoms with van der Waals surface area (Å²) in [6, 6.07) is -0.624. The quantitative estimate of drug-likeness (QED) is 0.685. The van der Waals surface area contributed by atoms with E-state index in [9.17, 15) is 18.0 Å². The molecule has 1 fully saturated rings. The number of rotatable bonds is 0. The van der Waals surface area contributed by atoms with Crippen LogP contribution in [0.2, 0.25) is 0 Å². The maximum atomic E-state index is 14.7. The molecular weight excluding hydrogens is 297 g/mol. The first kappa shape index (κ1) is 15.1. The van der Waals surface area contributed by atoms with Gasteiger partial charge in [-0.3, -0.25) is 4.90 Å². The molecule has 2 atom stereocenters. The molecule has 2 aliphatic heterocycles. The Kier molecular flexibility index (Phi) is 3.16. The fraction of sp³-hybridized carbons (Fsp3) is 0.600. The molecule has 7 heteroatoms. The zero-order valence-electron chi connectivity index (χ0n) is 12.6. The number of carbonyl (C=O) groups excluding carboxylic acids is 1.